The first-order chi connectivity index (χ1) is 7.12. The van der Waals surface area contributed by atoms with Crippen molar-refractivity contribution in [1.29, 1.82) is 0 Å². The van der Waals surface area contributed by atoms with E-state index < -0.39 is 0 Å². The third-order valence-electron chi connectivity index (χ3n) is 4.61. The Morgan fingerprint density at radius 3 is 2.33 bits per heavy atom. The minimum absolute atomic E-state index is 0.300. The number of hydrogen-bond acceptors (Lipinski definition) is 3. The lowest BCUT2D eigenvalue weighted by molar-refractivity contribution is 0.0204. The molecule has 2 aliphatic rings. The van der Waals surface area contributed by atoms with Crippen molar-refractivity contribution in [3.05, 3.63) is 0 Å². The van der Waals surface area contributed by atoms with Crippen LogP contribution in [0.3, 0.4) is 0 Å². The van der Waals surface area contributed by atoms with Gasteiger partial charge in [-0.05, 0) is 18.3 Å². The number of rotatable bonds is 2. The lowest BCUT2D eigenvalue weighted by atomic mass is 9.73. The van der Waals surface area contributed by atoms with Gasteiger partial charge in [-0.15, -0.1) is 0 Å². The average Bonchev–Trinajstić information content (AvgIpc) is 2.55. The second-order valence-electron chi connectivity index (χ2n) is 5.57. The highest BCUT2D eigenvalue weighted by atomic mass is 32.2. The highest BCUT2D eigenvalue weighted by Gasteiger charge is 2.51. The Bertz CT molecular complexity index is 224. The fourth-order valence-corrected chi connectivity index (χ4v) is 4.38. The standard InChI is InChI=1S/C12H24N2S/c1-11(2)4-3-5-12(11,10-13)14-6-8-15-9-7-14/h3-10,13H2,1-2H3. The van der Waals surface area contributed by atoms with Gasteiger partial charge in [-0.2, -0.15) is 11.8 Å². The molecule has 1 saturated heterocycles. The van der Waals surface area contributed by atoms with Crippen LogP contribution in [-0.2, 0) is 0 Å². The topological polar surface area (TPSA) is 29.3 Å². The summed E-state index contributed by atoms with van der Waals surface area (Å²) in [5.74, 6) is 2.58. The molecule has 3 heteroatoms. The molecular weight excluding hydrogens is 204 g/mol. The number of hydrogen-bond donors (Lipinski definition) is 1. The second kappa shape index (κ2) is 4.27. The van der Waals surface area contributed by atoms with E-state index in [1.54, 1.807) is 0 Å². The van der Waals surface area contributed by atoms with Crippen LogP contribution in [0.15, 0.2) is 0 Å². The number of nitrogens with zero attached hydrogens (tertiary/aromatic N) is 1. The van der Waals surface area contributed by atoms with Crippen molar-refractivity contribution >= 4 is 11.8 Å². The van der Waals surface area contributed by atoms with E-state index in [0.29, 0.717) is 11.0 Å². The number of nitrogens with two attached hydrogens (primary N) is 1. The molecule has 0 aromatic heterocycles. The second-order valence-corrected chi connectivity index (χ2v) is 6.80. The summed E-state index contributed by atoms with van der Waals surface area (Å²) in [7, 11) is 0. The Morgan fingerprint density at radius 2 is 1.87 bits per heavy atom. The third kappa shape index (κ3) is 1.83. The van der Waals surface area contributed by atoms with Crippen LogP contribution in [0, 0.1) is 5.41 Å². The molecule has 15 heavy (non-hydrogen) atoms. The zero-order valence-electron chi connectivity index (χ0n) is 10.1. The molecule has 0 bridgehead atoms. The minimum Gasteiger partial charge on any atom is -0.329 e. The van der Waals surface area contributed by atoms with E-state index in [1.165, 1.54) is 43.9 Å². The van der Waals surface area contributed by atoms with Crippen molar-refractivity contribution in [3.63, 3.8) is 0 Å². The SMILES string of the molecule is CC1(C)CCCC1(CN)N1CCSCC1. The summed E-state index contributed by atoms with van der Waals surface area (Å²) in [5, 5.41) is 0. The maximum atomic E-state index is 6.13. The molecule has 1 aliphatic heterocycles. The van der Waals surface area contributed by atoms with Crippen molar-refractivity contribution in [2.75, 3.05) is 31.1 Å². The van der Waals surface area contributed by atoms with Gasteiger partial charge < -0.3 is 5.73 Å². The maximum absolute atomic E-state index is 6.13. The molecule has 0 radical (unpaired) electrons. The first kappa shape index (κ1) is 11.7. The van der Waals surface area contributed by atoms with E-state index in [-0.39, 0.29) is 0 Å². The summed E-state index contributed by atoms with van der Waals surface area (Å²) in [6.45, 7) is 8.14. The van der Waals surface area contributed by atoms with Gasteiger partial charge in [-0.3, -0.25) is 4.90 Å². The van der Waals surface area contributed by atoms with Gasteiger partial charge in [0.2, 0.25) is 0 Å². The van der Waals surface area contributed by atoms with Crippen LogP contribution in [0.4, 0.5) is 0 Å². The van der Waals surface area contributed by atoms with Gasteiger partial charge in [0.05, 0.1) is 0 Å². The van der Waals surface area contributed by atoms with Crippen LogP contribution in [0.2, 0.25) is 0 Å². The van der Waals surface area contributed by atoms with Gasteiger partial charge in [-0.1, -0.05) is 20.3 Å². The normalized spacial score (nSPS) is 37.0. The van der Waals surface area contributed by atoms with Crippen LogP contribution in [0.25, 0.3) is 0 Å². The maximum Gasteiger partial charge on any atom is 0.0383 e. The molecule has 0 aromatic carbocycles. The first-order valence-corrected chi connectivity index (χ1v) is 7.31. The molecule has 2 N–H and O–H groups in total. The summed E-state index contributed by atoms with van der Waals surface area (Å²) in [5.41, 5.74) is 6.83. The van der Waals surface area contributed by atoms with Gasteiger partial charge >= 0.3 is 0 Å². The fourth-order valence-electron chi connectivity index (χ4n) is 3.48. The molecule has 1 unspecified atom stereocenters. The molecule has 0 aromatic rings. The molecule has 2 fully saturated rings. The molecule has 88 valence electrons. The van der Waals surface area contributed by atoms with Gasteiger partial charge in [0.25, 0.3) is 0 Å². The highest BCUT2D eigenvalue weighted by molar-refractivity contribution is 7.99. The van der Waals surface area contributed by atoms with Crippen molar-refractivity contribution in [2.24, 2.45) is 11.1 Å². The Labute approximate surface area is 98.0 Å². The summed E-state index contributed by atoms with van der Waals surface area (Å²) in [4.78, 5) is 2.69. The Hall–Kier alpha value is 0.270. The zero-order chi connectivity index (χ0) is 10.9. The monoisotopic (exact) mass is 228 g/mol. The molecule has 1 saturated carbocycles. The van der Waals surface area contributed by atoms with E-state index >= 15 is 0 Å². The fraction of sp³-hybridized carbons (Fsp3) is 1.00. The Morgan fingerprint density at radius 1 is 1.20 bits per heavy atom. The first-order valence-electron chi connectivity index (χ1n) is 6.15. The van der Waals surface area contributed by atoms with E-state index in [0.717, 1.165) is 6.54 Å². The Kier molecular flexibility index (Phi) is 3.34. The van der Waals surface area contributed by atoms with Gasteiger partial charge in [0.15, 0.2) is 0 Å². The summed E-state index contributed by atoms with van der Waals surface area (Å²) < 4.78 is 0. The summed E-state index contributed by atoms with van der Waals surface area (Å²) in [6, 6.07) is 0. The zero-order valence-corrected chi connectivity index (χ0v) is 10.9. The molecule has 1 atom stereocenters. The molecule has 0 amide bonds. The van der Waals surface area contributed by atoms with Crippen molar-refractivity contribution in [1.82, 2.24) is 4.90 Å². The van der Waals surface area contributed by atoms with Gasteiger partial charge in [0, 0.05) is 36.7 Å². The van der Waals surface area contributed by atoms with Crippen molar-refractivity contribution in [3.8, 4) is 0 Å². The van der Waals surface area contributed by atoms with Crippen molar-refractivity contribution < 1.29 is 0 Å². The molecule has 0 spiro atoms. The number of thioether (sulfide) groups is 1. The van der Waals surface area contributed by atoms with E-state index in [1.807, 2.05) is 0 Å². The molecule has 1 heterocycles. The third-order valence-corrected chi connectivity index (χ3v) is 5.55. The summed E-state index contributed by atoms with van der Waals surface area (Å²) >= 11 is 2.08. The van der Waals surface area contributed by atoms with Crippen LogP contribution in [0.1, 0.15) is 33.1 Å². The van der Waals surface area contributed by atoms with E-state index in [9.17, 15) is 0 Å². The predicted octanol–water partition coefficient (Wildman–Crippen LogP) is 1.94. The van der Waals surface area contributed by atoms with Crippen LogP contribution >= 0.6 is 11.8 Å². The quantitative estimate of drug-likeness (QED) is 0.783. The molecule has 1 aliphatic carbocycles. The Balaban J connectivity index is 2.19. The molecular formula is C12H24N2S. The lowest BCUT2D eigenvalue weighted by Crippen LogP contribution is -2.61. The molecule has 2 nitrogen and oxygen atoms in total. The van der Waals surface area contributed by atoms with E-state index in [4.69, 9.17) is 5.73 Å². The largest absolute Gasteiger partial charge is 0.329 e. The predicted molar refractivity (Wildman–Crippen MR) is 68.3 cm³/mol. The average molecular weight is 228 g/mol. The van der Waals surface area contributed by atoms with Crippen LogP contribution in [0.5, 0.6) is 0 Å². The highest BCUT2D eigenvalue weighted by Crippen LogP contribution is 2.49. The minimum atomic E-state index is 0.300. The van der Waals surface area contributed by atoms with Crippen LogP contribution < -0.4 is 5.73 Å². The van der Waals surface area contributed by atoms with Gasteiger partial charge in [0.1, 0.15) is 0 Å². The van der Waals surface area contributed by atoms with Gasteiger partial charge in [-0.25, -0.2) is 0 Å². The molecule has 2 rings (SSSR count). The summed E-state index contributed by atoms with van der Waals surface area (Å²) in [6.07, 6.45) is 4.00. The van der Waals surface area contributed by atoms with Crippen molar-refractivity contribution in [2.45, 2.75) is 38.6 Å². The smallest absolute Gasteiger partial charge is 0.0383 e. The van der Waals surface area contributed by atoms with Crippen LogP contribution in [-0.4, -0.2) is 41.6 Å². The van der Waals surface area contributed by atoms with E-state index in [2.05, 4.69) is 30.5 Å². The lowest BCUT2D eigenvalue weighted by Gasteiger charge is -2.50.